The summed E-state index contributed by atoms with van der Waals surface area (Å²) in [6, 6.07) is 11.4. The van der Waals surface area contributed by atoms with Gasteiger partial charge in [0.25, 0.3) is 0 Å². The lowest BCUT2D eigenvalue weighted by atomic mass is 10.00. The molecule has 0 bridgehead atoms. The number of aromatic nitrogens is 2. The first-order valence-corrected chi connectivity index (χ1v) is 8.04. The van der Waals surface area contributed by atoms with E-state index in [4.69, 9.17) is 0 Å². The van der Waals surface area contributed by atoms with Crippen molar-refractivity contribution in [3.05, 3.63) is 52.8 Å². The molecule has 0 aliphatic heterocycles. The average Bonchev–Trinajstić information content (AvgIpc) is 2.87. The molecule has 3 heteroatoms. The molecule has 0 saturated heterocycles. The molecule has 0 radical (unpaired) electrons. The molecule has 0 amide bonds. The van der Waals surface area contributed by atoms with Crippen molar-refractivity contribution in [1.29, 1.82) is 0 Å². The highest BCUT2D eigenvalue weighted by Gasteiger charge is 2.17. The molecule has 1 aromatic carbocycles. The second-order valence-electron chi connectivity index (χ2n) is 5.52. The van der Waals surface area contributed by atoms with E-state index in [2.05, 4.69) is 61.5 Å². The number of hydrogen-bond acceptors (Lipinski definition) is 2. The van der Waals surface area contributed by atoms with Crippen molar-refractivity contribution >= 4 is 0 Å². The van der Waals surface area contributed by atoms with Gasteiger partial charge in [-0.1, -0.05) is 51.5 Å². The first-order valence-electron chi connectivity index (χ1n) is 8.04. The van der Waals surface area contributed by atoms with Crippen LogP contribution < -0.4 is 5.32 Å². The summed E-state index contributed by atoms with van der Waals surface area (Å²) >= 11 is 0. The minimum absolute atomic E-state index is 0.212. The van der Waals surface area contributed by atoms with Gasteiger partial charge in [-0.05, 0) is 36.6 Å². The lowest BCUT2D eigenvalue weighted by Crippen LogP contribution is -2.24. The van der Waals surface area contributed by atoms with Gasteiger partial charge >= 0.3 is 0 Å². The quantitative estimate of drug-likeness (QED) is 0.842. The van der Waals surface area contributed by atoms with Crippen molar-refractivity contribution in [2.24, 2.45) is 7.05 Å². The van der Waals surface area contributed by atoms with Gasteiger partial charge in [0, 0.05) is 7.05 Å². The van der Waals surface area contributed by atoms with Crippen LogP contribution in [0.3, 0.4) is 0 Å². The Balaban J connectivity index is 2.31. The molecule has 0 spiro atoms. The number of rotatable bonds is 7. The summed E-state index contributed by atoms with van der Waals surface area (Å²) in [4.78, 5) is 0. The largest absolute Gasteiger partial charge is 0.305 e. The third kappa shape index (κ3) is 3.73. The molecular formula is C18H27N3. The Hall–Kier alpha value is -1.61. The average molecular weight is 285 g/mol. The van der Waals surface area contributed by atoms with E-state index in [1.54, 1.807) is 0 Å². The van der Waals surface area contributed by atoms with Gasteiger partial charge in [-0.25, -0.2) is 0 Å². The van der Waals surface area contributed by atoms with Gasteiger partial charge in [-0.2, -0.15) is 5.10 Å². The molecule has 114 valence electrons. The van der Waals surface area contributed by atoms with Gasteiger partial charge in [-0.3, -0.25) is 4.68 Å². The molecule has 0 fully saturated rings. The Morgan fingerprint density at radius 3 is 2.38 bits per heavy atom. The number of benzene rings is 1. The molecule has 0 saturated carbocycles. The summed E-state index contributed by atoms with van der Waals surface area (Å²) in [5.41, 5.74) is 5.10. The van der Waals surface area contributed by atoms with Gasteiger partial charge in [0.1, 0.15) is 0 Å². The smallest absolute Gasteiger partial charge is 0.0748 e. The number of hydrogen-bond donors (Lipinski definition) is 1. The number of nitrogens with zero attached hydrogens (tertiary/aromatic N) is 2. The number of aryl methyl sites for hydroxylation is 3. The molecule has 3 nitrogen and oxygen atoms in total. The van der Waals surface area contributed by atoms with E-state index < -0.39 is 0 Å². The van der Waals surface area contributed by atoms with E-state index >= 15 is 0 Å². The Kier molecular flexibility index (Phi) is 5.57. The van der Waals surface area contributed by atoms with Gasteiger partial charge in [0.2, 0.25) is 0 Å². The predicted octanol–water partition coefficient (Wildman–Crippen LogP) is 3.63. The summed E-state index contributed by atoms with van der Waals surface area (Å²) in [5.74, 6) is 0. The van der Waals surface area contributed by atoms with Crippen molar-refractivity contribution in [2.45, 2.75) is 46.1 Å². The third-order valence-electron chi connectivity index (χ3n) is 3.88. The maximum Gasteiger partial charge on any atom is 0.0748 e. The first-order chi connectivity index (χ1) is 10.2. The van der Waals surface area contributed by atoms with Crippen molar-refractivity contribution < 1.29 is 0 Å². The Morgan fingerprint density at radius 2 is 1.86 bits per heavy atom. The van der Waals surface area contributed by atoms with Crippen LogP contribution in [0.2, 0.25) is 0 Å². The third-order valence-corrected chi connectivity index (χ3v) is 3.88. The molecule has 1 aromatic heterocycles. The highest BCUT2D eigenvalue weighted by molar-refractivity contribution is 5.31. The van der Waals surface area contributed by atoms with Crippen molar-refractivity contribution in [3.8, 4) is 0 Å². The monoisotopic (exact) mass is 285 g/mol. The first kappa shape index (κ1) is 15.8. The fourth-order valence-electron chi connectivity index (χ4n) is 2.75. The zero-order valence-corrected chi connectivity index (χ0v) is 13.7. The van der Waals surface area contributed by atoms with Crippen LogP contribution >= 0.6 is 0 Å². The molecular weight excluding hydrogens is 258 g/mol. The van der Waals surface area contributed by atoms with Gasteiger partial charge in [-0.15, -0.1) is 0 Å². The van der Waals surface area contributed by atoms with E-state index in [9.17, 15) is 0 Å². The SMILES string of the molecule is CCCc1ccc(C(NCC)c2cc(CC)nn2C)cc1. The molecule has 0 aliphatic rings. The second-order valence-corrected chi connectivity index (χ2v) is 5.52. The lowest BCUT2D eigenvalue weighted by Gasteiger charge is -2.19. The van der Waals surface area contributed by atoms with Crippen LogP contribution in [0.25, 0.3) is 0 Å². The van der Waals surface area contributed by atoms with Crippen LogP contribution in [0, 0.1) is 0 Å². The van der Waals surface area contributed by atoms with Crippen LogP contribution in [-0.4, -0.2) is 16.3 Å². The van der Waals surface area contributed by atoms with Crippen molar-refractivity contribution in [2.75, 3.05) is 6.54 Å². The molecule has 1 unspecified atom stereocenters. The Morgan fingerprint density at radius 1 is 1.14 bits per heavy atom. The van der Waals surface area contributed by atoms with E-state index in [1.807, 2.05) is 11.7 Å². The summed E-state index contributed by atoms with van der Waals surface area (Å²) < 4.78 is 2.01. The van der Waals surface area contributed by atoms with Gasteiger partial charge < -0.3 is 5.32 Å². The zero-order valence-electron chi connectivity index (χ0n) is 13.7. The van der Waals surface area contributed by atoms with Crippen molar-refractivity contribution in [3.63, 3.8) is 0 Å². The molecule has 2 aromatic rings. The summed E-state index contributed by atoms with van der Waals surface area (Å²) in [6.07, 6.45) is 3.32. The minimum Gasteiger partial charge on any atom is -0.305 e. The topological polar surface area (TPSA) is 29.9 Å². The minimum atomic E-state index is 0.212. The molecule has 1 N–H and O–H groups in total. The fraction of sp³-hybridized carbons (Fsp3) is 0.500. The lowest BCUT2D eigenvalue weighted by molar-refractivity contribution is 0.571. The standard InChI is InChI=1S/C18H27N3/c1-5-8-14-9-11-15(12-10-14)18(19-7-3)17-13-16(6-2)20-21(17)4/h9-13,18-19H,5-8H2,1-4H3. The van der Waals surface area contributed by atoms with Crippen molar-refractivity contribution in [1.82, 2.24) is 15.1 Å². The van der Waals surface area contributed by atoms with E-state index in [0.29, 0.717) is 0 Å². The summed E-state index contributed by atoms with van der Waals surface area (Å²) in [6.45, 7) is 7.45. The summed E-state index contributed by atoms with van der Waals surface area (Å²) in [7, 11) is 2.03. The number of nitrogens with one attached hydrogen (secondary N) is 1. The van der Waals surface area contributed by atoms with Crippen LogP contribution in [0.5, 0.6) is 0 Å². The maximum absolute atomic E-state index is 4.58. The maximum atomic E-state index is 4.58. The second kappa shape index (κ2) is 7.41. The Bertz CT molecular complexity index is 554. The molecule has 21 heavy (non-hydrogen) atoms. The zero-order chi connectivity index (χ0) is 15.2. The Labute approximate surface area is 128 Å². The molecule has 0 aliphatic carbocycles. The van der Waals surface area contributed by atoms with E-state index in [1.165, 1.54) is 23.2 Å². The van der Waals surface area contributed by atoms with Crippen LogP contribution in [0.1, 0.15) is 55.7 Å². The fourth-order valence-corrected chi connectivity index (χ4v) is 2.75. The highest BCUT2D eigenvalue weighted by Crippen LogP contribution is 2.23. The highest BCUT2D eigenvalue weighted by atomic mass is 15.3. The molecule has 1 heterocycles. The molecule has 2 rings (SSSR count). The van der Waals surface area contributed by atoms with Crippen LogP contribution in [-0.2, 0) is 19.9 Å². The molecule has 1 atom stereocenters. The van der Waals surface area contributed by atoms with E-state index in [-0.39, 0.29) is 6.04 Å². The van der Waals surface area contributed by atoms with Gasteiger partial charge in [0.15, 0.2) is 0 Å². The van der Waals surface area contributed by atoms with Gasteiger partial charge in [0.05, 0.1) is 17.4 Å². The van der Waals surface area contributed by atoms with Crippen LogP contribution in [0.4, 0.5) is 0 Å². The van der Waals surface area contributed by atoms with Crippen LogP contribution in [0.15, 0.2) is 30.3 Å². The summed E-state index contributed by atoms with van der Waals surface area (Å²) in [5, 5.41) is 8.17. The normalized spacial score (nSPS) is 12.6. The van der Waals surface area contributed by atoms with E-state index in [0.717, 1.165) is 25.1 Å². The predicted molar refractivity (Wildman–Crippen MR) is 88.5 cm³/mol.